The highest BCUT2D eigenvalue weighted by atomic mass is 16.5. The highest BCUT2D eigenvalue weighted by Gasteiger charge is 2.51. The smallest absolute Gasteiger partial charge is 0.334 e. The van der Waals surface area contributed by atoms with Crippen LogP contribution in [0.5, 0.6) is 17.2 Å². The van der Waals surface area contributed by atoms with Gasteiger partial charge in [-0.1, -0.05) is 67.3 Å². The van der Waals surface area contributed by atoms with Crippen molar-refractivity contribution in [2.45, 2.75) is 31.7 Å². The average Bonchev–Trinajstić information content (AvgIpc) is 3.04. The Balaban J connectivity index is 1.53. The SMILES string of the molecule is C=CCN1CC(=O)N2C(Cc3ccc(O)cc3)C(=O)N(Cc3cccc(OC)c3OC=C)CC2N1C(=O)NCc1ccccc1. The number of methoxy groups -OCH3 is 1. The van der Waals surface area contributed by atoms with Crippen molar-refractivity contribution in [3.05, 3.63) is 115 Å². The Hall–Kier alpha value is -5.29. The number of hydrogen-bond acceptors (Lipinski definition) is 7. The lowest BCUT2D eigenvalue weighted by Gasteiger charge is -2.55. The lowest BCUT2D eigenvalue weighted by molar-refractivity contribution is -0.189. The number of para-hydroxylation sites is 1. The molecule has 2 atom stereocenters. The maximum absolute atomic E-state index is 14.3. The zero-order valence-corrected chi connectivity index (χ0v) is 25.2. The van der Waals surface area contributed by atoms with Crippen LogP contribution in [0.25, 0.3) is 0 Å². The van der Waals surface area contributed by atoms with Crippen molar-refractivity contribution in [1.82, 2.24) is 25.1 Å². The molecule has 2 saturated heterocycles. The molecular weight excluding hydrogens is 574 g/mol. The van der Waals surface area contributed by atoms with Crippen molar-refractivity contribution in [1.29, 1.82) is 0 Å². The number of amides is 4. The number of benzene rings is 3. The first-order valence-electron chi connectivity index (χ1n) is 14.6. The molecule has 3 aromatic carbocycles. The zero-order valence-electron chi connectivity index (χ0n) is 25.2. The fourth-order valence-corrected chi connectivity index (χ4v) is 5.82. The Morgan fingerprint density at radius 2 is 1.78 bits per heavy atom. The molecule has 0 aromatic heterocycles. The van der Waals surface area contributed by atoms with Crippen LogP contribution in [-0.4, -0.2) is 81.7 Å². The third-order valence-electron chi connectivity index (χ3n) is 7.87. The number of carbonyl (C=O) groups excluding carboxylic acids is 3. The standard InChI is InChI=1S/C34H37N5O6/c1-4-18-37-23-31(41)38-28(19-24-14-16-27(40)17-15-24)33(42)36(21-26-12-9-13-29(44-3)32(26)45-5-2)22-30(38)39(37)34(43)35-20-25-10-7-6-8-11-25/h4-17,28,30,40H,1-2,18-23H2,3H3,(H,35,43). The maximum Gasteiger partial charge on any atom is 0.334 e. The van der Waals surface area contributed by atoms with Crippen LogP contribution < -0.4 is 14.8 Å². The maximum atomic E-state index is 14.3. The molecule has 45 heavy (non-hydrogen) atoms. The van der Waals surface area contributed by atoms with Crippen LogP contribution in [0.4, 0.5) is 4.79 Å². The average molecular weight is 612 g/mol. The molecule has 2 N–H and O–H groups in total. The minimum absolute atomic E-state index is 0.0494. The molecule has 0 spiro atoms. The van der Waals surface area contributed by atoms with Gasteiger partial charge in [0.15, 0.2) is 11.5 Å². The van der Waals surface area contributed by atoms with Crippen LogP contribution in [0.2, 0.25) is 0 Å². The number of urea groups is 1. The summed E-state index contributed by atoms with van der Waals surface area (Å²) in [6.07, 6.45) is 2.30. The summed E-state index contributed by atoms with van der Waals surface area (Å²) < 4.78 is 11.2. The predicted octanol–water partition coefficient (Wildman–Crippen LogP) is 3.66. The van der Waals surface area contributed by atoms with Crippen LogP contribution >= 0.6 is 0 Å². The van der Waals surface area contributed by atoms with E-state index in [9.17, 15) is 19.5 Å². The zero-order chi connectivity index (χ0) is 31.9. The minimum Gasteiger partial charge on any atom is -0.508 e. The minimum atomic E-state index is -0.912. The Kier molecular flexibility index (Phi) is 9.69. The normalized spacial score (nSPS) is 18.3. The van der Waals surface area contributed by atoms with Gasteiger partial charge in [0, 0.05) is 31.6 Å². The summed E-state index contributed by atoms with van der Waals surface area (Å²) in [5.41, 5.74) is 2.35. The van der Waals surface area contributed by atoms with E-state index in [1.165, 1.54) is 23.3 Å². The molecule has 234 valence electrons. The number of fused-ring (bicyclic) bond motifs is 1. The number of ether oxygens (including phenoxy) is 2. The number of phenols is 1. The van der Waals surface area contributed by atoms with Crippen LogP contribution in [0.3, 0.4) is 0 Å². The van der Waals surface area contributed by atoms with Crippen molar-refractivity contribution in [3.63, 3.8) is 0 Å². The first-order valence-corrected chi connectivity index (χ1v) is 14.6. The van der Waals surface area contributed by atoms with E-state index in [4.69, 9.17) is 9.47 Å². The topological polar surface area (TPSA) is 115 Å². The summed E-state index contributed by atoms with van der Waals surface area (Å²) in [4.78, 5) is 45.1. The van der Waals surface area contributed by atoms with Gasteiger partial charge in [-0.05, 0) is 29.3 Å². The molecule has 3 aromatic rings. The molecule has 0 radical (unpaired) electrons. The molecule has 2 unspecified atom stereocenters. The Morgan fingerprint density at radius 3 is 2.47 bits per heavy atom. The van der Waals surface area contributed by atoms with Crippen LogP contribution in [0.1, 0.15) is 16.7 Å². The van der Waals surface area contributed by atoms with Gasteiger partial charge in [-0.25, -0.2) is 14.8 Å². The fraction of sp³-hybridized carbons (Fsp3) is 0.265. The molecule has 0 aliphatic carbocycles. The Bertz CT molecular complexity index is 1550. The highest BCUT2D eigenvalue weighted by molar-refractivity contribution is 5.91. The second kappa shape index (κ2) is 14.0. The quantitative estimate of drug-likeness (QED) is 0.251. The number of aromatic hydroxyl groups is 1. The summed E-state index contributed by atoms with van der Waals surface area (Å²) >= 11 is 0. The monoisotopic (exact) mass is 611 g/mol. The van der Waals surface area contributed by atoms with E-state index in [-0.39, 0.29) is 56.7 Å². The van der Waals surface area contributed by atoms with Crippen molar-refractivity contribution >= 4 is 17.8 Å². The third-order valence-corrected chi connectivity index (χ3v) is 7.87. The van der Waals surface area contributed by atoms with Crippen molar-refractivity contribution < 1.29 is 29.0 Å². The number of rotatable bonds is 11. The predicted molar refractivity (Wildman–Crippen MR) is 168 cm³/mol. The van der Waals surface area contributed by atoms with E-state index in [0.29, 0.717) is 17.1 Å². The third kappa shape index (κ3) is 6.78. The van der Waals surface area contributed by atoms with Gasteiger partial charge in [-0.15, -0.1) is 6.58 Å². The number of nitrogens with zero attached hydrogens (tertiary/aromatic N) is 4. The van der Waals surface area contributed by atoms with Gasteiger partial charge >= 0.3 is 6.03 Å². The van der Waals surface area contributed by atoms with E-state index in [1.807, 2.05) is 36.4 Å². The summed E-state index contributed by atoms with van der Waals surface area (Å²) in [6, 6.07) is 20.1. The summed E-state index contributed by atoms with van der Waals surface area (Å²) in [5, 5.41) is 16.0. The van der Waals surface area contributed by atoms with Crippen LogP contribution in [-0.2, 0) is 29.1 Å². The highest BCUT2D eigenvalue weighted by Crippen LogP contribution is 2.35. The molecule has 2 aliphatic heterocycles. The van der Waals surface area contributed by atoms with Gasteiger partial charge in [0.2, 0.25) is 11.8 Å². The Morgan fingerprint density at radius 1 is 1.02 bits per heavy atom. The van der Waals surface area contributed by atoms with Crippen molar-refractivity contribution in [3.8, 4) is 17.2 Å². The largest absolute Gasteiger partial charge is 0.508 e. The van der Waals surface area contributed by atoms with E-state index in [0.717, 1.165) is 11.1 Å². The molecule has 0 bridgehead atoms. The molecule has 5 rings (SSSR count). The number of phenolic OH excluding ortho intramolecular Hbond substituents is 1. The number of carbonyl (C=O) groups is 3. The Labute approximate surface area is 262 Å². The van der Waals surface area contributed by atoms with Crippen LogP contribution in [0, 0.1) is 0 Å². The van der Waals surface area contributed by atoms with E-state index < -0.39 is 18.2 Å². The number of hydrazine groups is 1. The fourth-order valence-electron chi connectivity index (χ4n) is 5.82. The molecule has 2 heterocycles. The molecule has 4 amide bonds. The lowest BCUT2D eigenvalue weighted by Crippen LogP contribution is -2.76. The first kappa shape index (κ1) is 31.1. The summed E-state index contributed by atoms with van der Waals surface area (Å²) in [5.74, 6) is 0.442. The van der Waals surface area contributed by atoms with Gasteiger partial charge < -0.3 is 29.7 Å². The van der Waals surface area contributed by atoms with Crippen LogP contribution in [0.15, 0.2) is 98.3 Å². The molecule has 11 heteroatoms. The summed E-state index contributed by atoms with van der Waals surface area (Å²) in [6.45, 7) is 8.11. The van der Waals surface area contributed by atoms with Crippen molar-refractivity contribution in [2.75, 3.05) is 26.7 Å². The molecule has 0 saturated carbocycles. The van der Waals surface area contributed by atoms with E-state index in [2.05, 4.69) is 18.5 Å². The number of piperazine rings is 1. The second-order valence-corrected chi connectivity index (χ2v) is 10.7. The van der Waals surface area contributed by atoms with E-state index >= 15 is 0 Å². The number of nitrogens with one attached hydrogen (secondary N) is 1. The summed E-state index contributed by atoms with van der Waals surface area (Å²) in [7, 11) is 1.53. The second-order valence-electron chi connectivity index (χ2n) is 10.7. The van der Waals surface area contributed by atoms with Gasteiger partial charge in [0.05, 0.1) is 26.5 Å². The molecule has 2 aliphatic rings. The van der Waals surface area contributed by atoms with Gasteiger partial charge in [-0.3, -0.25) is 9.59 Å². The number of hydrogen-bond donors (Lipinski definition) is 2. The lowest BCUT2D eigenvalue weighted by atomic mass is 9.98. The van der Waals surface area contributed by atoms with E-state index in [1.54, 1.807) is 52.4 Å². The van der Waals surface area contributed by atoms with Gasteiger partial charge in [0.25, 0.3) is 0 Å². The first-order chi connectivity index (χ1) is 21.8. The van der Waals surface area contributed by atoms with Crippen molar-refractivity contribution in [2.24, 2.45) is 0 Å². The van der Waals surface area contributed by atoms with Gasteiger partial charge in [-0.2, -0.15) is 0 Å². The molecule has 2 fully saturated rings. The molecular formula is C34H37N5O6. The molecule has 11 nitrogen and oxygen atoms in total. The van der Waals surface area contributed by atoms with Gasteiger partial charge in [0.1, 0.15) is 18.0 Å².